The molecule has 0 aliphatic carbocycles. The number of para-hydroxylation sites is 1. The first-order chi connectivity index (χ1) is 12.0. The molecule has 8 heteroatoms. The van der Waals surface area contributed by atoms with E-state index in [9.17, 15) is 9.59 Å². The highest BCUT2D eigenvalue weighted by Crippen LogP contribution is 2.24. The number of nitrogens with two attached hydrogens (primary N) is 1. The number of aromatic nitrogens is 1. The predicted octanol–water partition coefficient (Wildman–Crippen LogP) is 2.81. The van der Waals surface area contributed by atoms with Gasteiger partial charge in [0.15, 0.2) is 5.96 Å². The average Bonchev–Trinajstić information content (AvgIpc) is 3.06. The Hall–Kier alpha value is -3.32. The van der Waals surface area contributed by atoms with Crippen LogP contribution in [0.2, 0.25) is 0 Å². The molecule has 0 unspecified atom stereocenters. The topological polar surface area (TPSA) is 115 Å². The van der Waals surface area contributed by atoms with Gasteiger partial charge in [-0.15, -0.1) is 12.4 Å². The number of amides is 2. The monoisotopic (exact) mass is 371 g/mol. The van der Waals surface area contributed by atoms with Gasteiger partial charge in [-0.25, -0.2) is 0 Å². The Labute approximate surface area is 156 Å². The molecule has 0 radical (unpaired) electrons. The Morgan fingerprint density at radius 1 is 1.12 bits per heavy atom. The van der Waals surface area contributed by atoms with Crippen molar-refractivity contribution in [1.29, 1.82) is 5.41 Å². The second-order valence-electron chi connectivity index (χ2n) is 5.52. The van der Waals surface area contributed by atoms with Crippen molar-refractivity contribution in [3.63, 3.8) is 0 Å². The van der Waals surface area contributed by atoms with Crippen LogP contribution in [0, 0.1) is 5.41 Å². The van der Waals surface area contributed by atoms with Gasteiger partial charge in [-0.05, 0) is 24.3 Å². The number of anilines is 1. The second kappa shape index (κ2) is 7.71. The molecule has 0 aliphatic heterocycles. The fourth-order valence-corrected chi connectivity index (χ4v) is 2.45. The van der Waals surface area contributed by atoms with E-state index < -0.39 is 5.91 Å². The molecule has 1 heterocycles. The summed E-state index contributed by atoms with van der Waals surface area (Å²) in [7, 11) is 1.42. The fourth-order valence-electron chi connectivity index (χ4n) is 2.45. The first-order valence-corrected chi connectivity index (χ1v) is 7.57. The number of carbonyl (C=O) groups excluding carboxylic acids is 2. The molecule has 0 spiro atoms. The molecule has 2 aromatic carbocycles. The molecular formula is C18H18ClN5O2. The number of guanidine groups is 1. The van der Waals surface area contributed by atoms with E-state index >= 15 is 0 Å². The lowest BCUT2D eigenvalue weighted by Gasteiger charge is -2.12. The molecule has 0 aliphatic rings. The lowest BCUT2D eigenvalue weighted by atomic mass is 10.2. The first-order valence-electron chi connectivity index (χ1n) is 7.57. The van der Waals surface area contributed by atoms with E-state index in [1.54, 1.807) is 42.5 Å². The minimum atomic E-state index is -0.427. The Bertz CT molecular complexity index is 968. The van der Waals surface area contributed by atoms with Crippen molar-refractivity contribution in [2.24, 2.45) is 5.73 Å². The Kier molecular flexibility index (Phi) is 5.64. The summed E-state index contributed by atoms with van der Waals surface area (Å²) in [5, 5.41) is 11.0. The third-order valence-corrected chi connectivity index (χ3v) is 3.84. The van der Waals surface area contributed by atoms with Crippen LogP contribution in [0.15, 0.2) is 54.6 Å². The lowest BCUT2D eigenvalue weighted by Crippen LogP contribution is -2.38. The molecule has 3 aromatic rings. The maximum atomic E-state index is 12.4. The molecule has 0 atom stereocenters. The molecule has 0 fully saturated rings. The number of nitrogens with one attached hydrogen (secondary N) is 3. The summed E-state index contributed by atoms with van der Waals surface area (Å²) < 4.78 is 0. The van der Waals surface area contributed by atoms with Gasteiger partial charge in [-0.2, -0.15) is 0 Å². The van der Waals surface area contributed by atoms with E-state index in [1.165, 1.54) is 7.05 Å². The maximum Gasteiger partial charge on any atom is 0.276 e. The minimum absolute atomic E-state index is 0. The predicted molar refractivity (Wildman–Crippen MR) is 104 cm³/mol. The molecule has 0 saturated heterocycles. The highest BCUT2D eigenvalue weighted by Gasteiger charge is 2.17. The van der Waals surface area contributed by atoms with Gasteiger partial charge in [0.25, 0.3) is 11.8 Å². The van der Waals surface area contributed by atoms with E-state index in [-0.39, 0.29) is 30.0 Å². The molecule has 2 amide bonds. The number of hydrogen-bond donors (Lipinski definition) is 4. The Morgan fingerprint density at radius 2 is 1.81 bits per heavy atom. The molecule has 0 saturated carbocycles. The van der Waals surface area contributed by atoms with E-state index in [2.05, 4.69) is 10.3 Å². The first kappa shape index (κ1) is 19.0. The van der Waals surface area contributed by atoms with Gasteiger partial charge in [0.05, 0.1) is 11.2 Å². The van der Waals surface area contributed by atoms with Crippen LogP contribution in [0.3, 0.4) is 0 Å². The summed E-state index contributed by atoms with van der Waals surface area (Å²) in [6, 6.07) is 15.9. The van der Waals surface area contributed by atoms with Gasteiger partial charge >= 0.3 is 0 Å². The number of hydrogen-bond acceptors (Lipinski definition) is 3. The lowest BCUT2D eigenvalue weighted by molar-refractivity contribution is 0.0864. The zero-order valence-corrected chi connectivity index (χ0v) is 14.8. The number of benzene rings is 2. The van der Waals surface area contributed by atoms with Gasteiger partial charge in [-0.1, -0.05) is 30.3 Å². The molecule has 7 nitrogen and oxygen atoms in total. The number of nitrogens with zero attached hydrogens (tertiary/aromatic N) is 1. The molecule has 3 rings (SSSR count). The van der Waals surface area contributed by atoms with E-state index in [4.69, 9.17) is 11.1 Å². The zero-order chi connectivity index (χ0) is 18.0. The second-order valence-corrected chi connectivity index (χ2v) is 5.52. The van der Waals surface area contributed by atoms with Crippen molar-refractivity contribution < 1.29 is 9.59 Å². The van der Waals surface area contributed by atoms with Crippen molar-refractivity contribution in [2.45, 2.75) is 0 Å². The number of halogens is 1. The van der Waals surface area contributed by atoms with Crippen LogP contribution in [0.4, 0.5) is 5.69 Å². The van der Waals surface area contributed by atoms with Crippen LogP contribution in [0.1, 0.15) is 20.8 Å². The number of carbonyl (C=O) groups is 2. The quantitative estimate of drug-likeness (QED) is 0.419. The molecule has 1 aromatic heterocycles. The summed E-state index contributed by atoms with van der Waals surface area (Å²) >= 11 is 0. The third-order valence-electron chi connectivity index (χ3n) is 3.84. The van der Waals surface area contributed by atoms with Crippen molar-refractivity contribution in [3.8, 4) is 0 Å². The number of aromatic amines is 1. The normalized spacial score (nSPS) is 10.0. The van der Waals surface area contributed by atoms with Crippen LogP contribution in [-0.4, -0.2) is 34.7 Å². The summed E-state index contributed by atoms with van der Waals surface area (Å²) in [4.78, 5) is 28.7. The summed E-state index contributed by atoms with van der Waals surface area (Å²) in [6.45, 7) is 0. The van der Waals surface area contributed by atoms with Gasteiger partial charge in [0.1, 0.15) is 5.69 Å². The molecule has 0 bridgehead atoms. The van der Waals surface area contributed by atoms with E-state index in [0.717, 1.165) is 10.3 Å². The minimum Gasteiger partial charge on any atom is -0.370 e. The molecular weight excluding hydrogens is 354 g/mol. The van der Waals surface area contributed by atoms with Crippen molar-refractivity contribution in [1.82, 2.24) is 9.88 Å². The van der Waals surface area contributed by atoms with Crippen molar-refractivity contribution in [2.75, 3.05) is 12.4 Å². The highest BCUT2D eigenvalue weighted by atomic mass is 35.5. The van der Waals surface area contributed by atoms with Gasteiger partial charge in [0.2, 0.25) is 0 Å². The van der Waals surface area contributed by atoms with Crippen LogP contribution < -0.4 is 11.1 Å². The van der Waals surface area contributed by atoms with Gasteiger partial charge in [-0.3, -0.25) is 19.9 Å². The largest absolute Gasteiger partial charge is 0.370 e. The van der Waals surface area contributed by atoms with Crippen LogP contribution >= 0.6 is 12.4 Å². The van der Waals surface area contributed by atoms with Crippen LogP contribution in [0.5, 0.6) is 0 Å². The van der Waals surface area contributed by atoms with Crippen LogP contribution in [0.25, 0.3) is 10.9 Å². The maximum absolute atomic E-state index is 12.4. The SMILES string of the molecule is CN(C(=N)N)C(=O)c1cc2cccc(NC(=O)c3ccccc3)c2[nH]1.Cl. The summed E-state index contributed by atoms with van der Waals surface area (Å²) in [5.41, 5.74) is 7.37. The molecule has 5 N–H and O–H groups in total. The Morgan fingerprint density at radius 3 is 2.46 bits per heavy atom. The Balaban J connectivity index is 0.00000243. The summed E-state index contributed by atoms with van der Waals surface area (Å²) in [6.07, 6.45) is 0. The van der Waals surface area contributed by atoms with Gasteiger partial charge in [0, 0.05) is 18.0 Å². The third kappa shape index (κ3) is 3.68. The number of fused-ring (bicyclic) bond motifs is 1. The van der Waals surface area contributed by atoms with E-state index in [1.807, 2.05) is 12.1 Å². The highest BCUT2D eigenvalue weighted by molar-refractivity contribution is 6.10. The molecule has 26 heavy (non-hydrogen) atoms. The summed E-state index contributed by atoms with van der Waals surface area (Å²) in [5.74, 6) is -1.01. The number of rotatable bonds is 3. The number of H-pyrrole nitrogens is 1. The van der Waals surface area contributed by atoms with Crippen molar-refractivity contribution >= 4 is 46.8 Å². The smallest absolute Gasteiger partial charge is 0.276 e. The zero-order valence-electron chi connectivity index (χ0n) is 13.9. The standard InChI is InChI=1S/C18H17N5O2.ClH/c1-23(18(19)20)17(25)14-10-12-8-5-9-13(15(12)21-14)22-16(24)11-6-3-2-4-7-11;/h2-10,21H,1H3,(H3,19,20)(H,22,24);1H. The fraction of sp³-hybridized carbons (Fsp3) is 0.0556. The average molecular weight is 372 g/mol. The van der Waals surface area contributed by atoms with Gasteiger partial charge < -0.3 is 16.0 Å². The van der Waals surface area contributed by atoms with E-state index in [0.29, 0.717) is 16.8 Å². The van der Waals surface area contributed by atoms with Crippen LogP contribution in [-0.2, 0) is 0 Å². The van der Waals surface area contributed by atoms with Crippen molar-refractivity contribution in [3.05, 3.63) is 65.9 Å². The molecule has 134 valence electrons.